The molecule has 0 spiro atoms. The van der Waals surface area contributed by atoms with Crippen molar-refractivity contribution in [1.29, 1.82) is 0 Å². The number of nitrogens with one attached hydrogen (secondary N) is 1. The molecule has 1 heterocycles. The van der Waals surface area contributed by atoms with Gasteiger partial charge >= 0.3 is 0 Å². The Labute approximate surface area is 118 Å². The highest BCUT2D eigenvalue weighted by atomic mass is 32.2. The number of anilines is 1. The number of ether oxygens (including phenoxy) is 1. The summed E-state index contributed by atoms with van der Waals surface area (Å²) >= 11 is 0. The molecule has 0 amide bonds. The highest BCUT2D eigenvalue weighted by Gasteiger charge is 2.28. The fourth-order valence-electron chi connectivity index (χ4n) is 2.11. The van der Waals surface area contributed by atoms with E-state index in [4.69, 9.17) is 9.88 Å². The number of hydrogen-bond donors (Lipinski definition) is 2. The number of hydrogen-bond acceptors (Lipinski definition) is 6. The highest BCUT2D eigenvalue weighted by Crippen LogP contribution is 2.29. The van der Waals surface area contributed by atoms with Crippen LogP contribution in [0.15, 0.2) is 23.1 Å². The van der Waals surface area contributed by atoms with Gasteiger partial charge < -0.3 is 10.1 Å². The van der Waals surface area contributed by atoms with Crippen LogP contribution < -0.4 is 15.2 Å². The predicted octanol–water partition coefficient (Wildman–Crippen LogP) is -0.0584. The molecule has 1 atom stereocenters. The van der Waals surface area contributed by atoms with Crippen LogP contribution in [0.1, 0.15) is 6.42 Å². The number of benzene rings is 1. The van der Waals surface area contributed by atoms with Crippen LogP contribution in [0.25, 0.3) is 0 Å². The summed E-state index contributed by atoms with van der Waals surface area (Å²) in [6, 6.07) is 3.90. The maximum absolute atomic E-state index is 11.4. The van der Waals surface area contributed by atoms with Crippen LogP contribution in [-0.2, 0) is 19.9 Å². The second-order valence-electron chi connectivity index (χ2n) is 4.65. The minimum Gasteiger partial charge on any atom is -0.495 e. The second-order valence-corrected chi connectivity index (χ2v) is 8.44. The van der Waals surface area contributed by atoms with Crippen molar-refractivity contribution in [3.05, 3.63) is 18.2 Å². The first kappa shape index (κ1) is 15.1. The molecule has 0 aromatic heterocycles. The molecule has 0 saturated carbocycles. The van der Waals surface area contributed by atoms with Crippen molar-refractivity contribution in [2.45, 2.75) is 17.4 Å². The van der Waals surface area contributed by atoms with Crippen molar-refractivity contribution in [3.63, 3.8) is 0 Å². The highest BCUT2D eigenvalue weighted by molar-refractivity contribution is 7.91. The van der Waals surface area contributed by atoms with Gasteiger partial charge in [0.1, 0.15) is 5.75 Å². The molecule has 3 N–H and O–H groups in total. The molecule has 1 aromatic carbocycles. The summed E-state index contributed by atoms with van der Waals surface area (Å²) in [4.78, 5) is -0.0540. The fourth-order valence-corrected chi connectivity index (χ4v) is 4.32. The summed E-state index contributed by atoms with van der Waals surface area (Å²) in [5, 5.41) is 8.08. The molecular formula is C11H16N2O5S2. The standard InChI is InChI=1S/C11H16N2O5S2/c1-18-11-3-2-9(20(12,16)17)6-10(11)13-8-4-5-19(14,15)7-8/h2-3,6,8,13H,4-5,7H2,1H3,(H2,12,16,17). The molecule has 1 aliphatic heterocycles. The van der Waals surface area contributed by atoms with E-state index in [-0.39, 0.29) is 22.4 Å². The normalized spacial score (nSPS) is 21.6. The monoisotopic (exact) mass is 320 g/mol. The van der Waals surface area contributed by atoms with E-state index in [0.717, 1.165) is 0 Å². The molecule has 112 valence electrons. The zero-order valence-corrected chi connectivity index (χ0v) is 12.5. The van der Waals surface area contributed by atoms with Crippen LogP contribution in [0.4, 0.5) is 5.69 Å². The molecule has 1 fully saturated rings. The quantitative estimate of drug-likeness (QED) is 0.803. The molecule has 1 aromatic rings. The van der Waals surface area contributed by atoms with Crippen LogP contribution in [0.2, 0.25) is 0 Å². The summed E-state index contributed by atoms with van der Waals surface area (Å²) in [6.07, 6.45) is 0.477. The van der Waals surface area contributed by atoms with Gasteiger partial charge in [-0.3, -0.25) is 0 Å². The maximum Gasteiger partial charge on any atom is 0.238 e. The maximum atomic E-state index is 11.4. The lowest BCUT2D eigenvalue weighted by molar-refractivity contribution is 0.415. The average molecular weight is 320 g/mol. The summed E-state index contributed by atoms with van der Waals surface area (Å²) in [5.41, 5.74) is 0.418. The predicted molar refractivity (Wildman–Crippen MR) is 75.0 cm³/mol. The van der Waals surface area contributed by atoms with Gasteiger partial charge in [-0.05, 0) is 24.6 Å². The number of sulfonamides is 1. The number of sulfone groups is 1. The zero-order chi connectivity index (χ0) is 15.0. The van der Waals surface area contributed by atoms with Crippen LogP contribution >= 0.6 is 0 Å². The largest absolute Gasteiger partial charge is 0.495 e. The Morgan fingerprint density at radius 3 is 2.60 bits per heavy atom. The Bertz CT molecular complexity index is 712. The van der Waals surface area contributed by atoms with Crippen LogP contribution in [0.3, 0.4) is 0 Å². The second kappa shape index (κ2) is 5.23. The summed E-state index contributed by atoms with van der Waals surface area (Å²) in [7, 11) is -5.39. The van der Waals surface area contributed by atoms with Gasteiger partial charge in [0.05, 0.1) is 29.2 Å². The molecule has 7 nitrogen and oxygen atoms in total. The number of rotatable bonds is 4. The van der Waals surface area contributed by atoms with E-state index in [2.05, 4.69) is 5.32 Å². The third kappa shape index (κ3) is 3.41. The Morgan fingerprint density at radius 1 is 1.40 bits per heavy atom. The van der Waals surface area contributed by atoms with E-state index in [1.807, 2.05) is 0 Å². The first-order valence-electron chi connectivity index (χ1n) is 5.89. The van der Waals surface area contributed by atoms with E-state index < -0.39 is 19.9 Å². The van der Waals surface area contributed by atoms with E-state index >= 15 is 0 Å². The van der Waals surface area contributed by atoms with Gasteiger partial charge in [-0.2, -0.15) is 0 Å². The zero-order valence-electron chi connectivity index (χ0n) is 10.9. The summed E-state index contributed by atoms with van der Waals surface area (Å²) < 4.78 is 50.7. The van der Waals surface area contributed by atoms with Gasteiger partial charge in [-0.1, -0.05) is 0 Å². The van der Waals surface area contributed by atoms with Gasteiger partial charge in [0.2, 0.25) is 10.0 Å². The van der Waals surface area contributed by atoms with Crippen LogP contribution in [0.5, 0.6) is 5.75 Å². The molecule has 2 rings (SSSR count). The molecule has 1 unspecified atom stereocenters. The molecule has 0 aliphatic carbocycles. The molecule has 20 heavy (non-hydrogen) atoms. The number of primary sulfonamides is 1. The van der Waals surface area contributed by atoms with Gasteiger partial charge in [0.25, 0.3) is 0 Å². The molecule has 1 aliphatic rings. The van der Waals surface area contributed by atoms with Gasteiger partial charge in [-0.25, -0.2) is 22.0 Å². The molecule has 1 saturated heterocycles. The van der Waals surface area contributed by atoms with Crippen LogP contribution in [0, 0.1) is 0 Å². The Morgan fingerprint density at radius 2 is 2.10 bits per heavy atom. The minimum absolute atomic E-state index is 0.0236. The third-order valence-corrected chi connectivity index (χ3v) is 5.77. The number of nitrogens with two attached hydrogens (primary N) is 1. The smallest absolute Gasteiger partial charge is 0.238 e. The molecule has 0 radical (unpaired) electrons. The fraction of sp³-hybridized carbons (Fsp3) is 0.455. The topological polar surface area (TPSA) is 116 Å². The Kier molecular flexibility index (Phi) is 3.94. The van der Waals surface area contributed by atoms with Gasteiger partial charge in [-0.15, -0.1) is 0 Å². The van der Waals surface area contributed by atoms with Crippen molar-refractivity contribution in [1.82, 2.24) is 0 Å². The van der Waals surface area contributed by atoms with Crippen molar-refractivity contribution in [2.75, 3.05) is 23.9 Å². The lowest BCUT2D eigenvalue weighted by Crippen LogP contribution is -2.21. The van der Waals surface area contributed by atoms with E-state index in [0.29, 0.717) is 17.9 Å². The lowest BCUT2D eigenvalue weighted by atomic mass is 10.2. The SMILES string of the molecule is COc1ccc(S(N)(=O)=O)cc1NC1CCS(=O)(=O)C1. The molecule has 9 heteroatoms. The molecular weight excluding hydrogens is 304 g/mol. The lowest BCUT2D eigenvalue weighted by Gasteiger charge is -2.16. The van der Waals surface area contributed by atoms with Crippen molar-refractivity contribution < 1.29 is 21.6 Å². The van der Waals surface area contributed by atoms with Crippen molar-refractivity contribution in [2.24, 2.45) is 5.14 Å². The van der Waals surface area contributed by atoms with E-state index in [1.165, 1.54) is 25.3 Å². The van der Waals surface area contributed by atoms with E-state index in [1.54, 1.807) is 0 Å². The first-order chi connectivity index (χ1) is 9.21. The number of methoxy groups -OCH3 is 1. The summed E-state index contributed by atoms with van der Waals surface area (Å²) in [5.74, 6) is 0.583. The van der Waals surface area contributed by atoms with Gasteiger partial charge in [0.15, 0.2) is 9.84 Å². The average Bonchev–Trinajstić information content (AvgIpc) is 2.67. The van der Waals surface area contributed by atoms with Crippen molar-refractivity contribution >= 4 is 25.5 Å². The molecule has 0 bridgehead atoms. The Balaban J connectivity index is 2.30. The van der Waals surface area contributed by atoms with Gasteiger partial charge in [0, 0.05) is 6.04 Å². The first-order valence-corrected chi connectivity index (χ1v) is 9.26. The Hall–Kier alpha value is -1.32. The van der Waals surface area contributed by atoms with Crippen molar-refractivity contribution in [3.8, 4) is 5.75 Å². The van der Waals surface area contributed by atoms with E-state index in [9.17, 15) is 16.8 Å². The summed E-state index contributed by atoms with van der Waals surface area (Å²) in [6.45, 7) is 0. The minimum atomic E-state index is -3.82. The van der Waals surface area contributed by atoms with Crippen LogP contribution in [-0.4, -0.2) is 41.5 Å². The third-order valence-electron chi connectivity index (χ3n) is 3.09.